The Labute approximate surface area is 419 Å². The van der Waals surface area contributed by atoms with Crippen molar-refractivity contribution in [1.29, 1.82) is 0 Å². The molecule has 2 saturated heterocycles. The van der Waals surface area contributed by atoms with Gasteiger partial charge in [0.1, 0.15) is 23.3 Å². The Balaban J connectivity index is 1.21. The van der Waals surface area contributed by atoms with E-state index >= 15 is 0 Å². The lowest BCUT2D eigenvalue weighted by Crippen LogP contribution is -2.58. The predicted octanol–water partition coefficient (Wildman–Crippen LogP) is 13.9. The van der Waals surface area contributed by atoms with Crippen LogP contribution in [0.3, 0.4) is 0 Å². The minimum atomic E-state index is -1.09. The normalized spacial score (nSPS) is 19.4. The number of guanidine groups is 1. The second kappa shape index (κ2) is 19.3. The van der Waals surface area contributed by atoms with Crippen molar-refractivity contribution in [2.45, 2.75) is 88.0 Å². The SMILES string of the molecule is CC(C)(C)[C@@H](CO)N=C1NC(c2ccc(-c3ccccc3)cc2)(c2ccc(-c3ccccc3)cc2)[C@@H]2OC3(CCCCC3)O[C@H]2C(c2ccc(-c3ccccc3)cc2)(c2ccc(-c3ccccc3)cc2)N1. The largest absolute Gasteiger partial charge is 0.394 e. The van der Waals surface area contributed by atoms with Crippen molar-refractivity contribution in [3.8, 4) is 44.5 Å². The molecule has 3 fully saturated rings. The maximum atomic E-state index is 11.3. The summed E-state index contributed by atoms with van der Waals surface area (Å²) in [6.45, 7) is 6.27. The third kappa shape index (κ3) is 8.79. The number of aliphatic hydroxyl groups is 1. The maximum absolute atomic E-state index is 11.3. The average molecular weight is 934 g/mol. The first-order valence-electron chi connectivity index (χ1n) is 25.4. The van der Waals surface area contributed by atoms with Gasteiger partial charge in [0.25, 0.3) is 0 Å². The highest BCUT2D eigenvalue weighted by molar-refractivity contribution is 5.85. The van der Waals surface area contributed by atoms with Crippen LogP contribution in [-0.2, 0) is 20.6 Å². The molecular weight excluding hydrogens is 871 g/mol. The molecule has 11 rings (SSSR count). The Kier molecular flexibility index (Phi) is 12.6. The molecule has 2 heterocycles. The Bertz CT molecular complexity index is 2700. The van der Waals surface area contributed by atoms with Crippen molar-refractivity contribution < 1.29 is 14.6 Å². The summed E-state index contributed by atoms with van der Waals surface area (Å²) in [7, 11) is 0. The van der Waals surface area contributed by atoms with E-state index in [1.54, 1.807) is 0 Å². The molecule has 6 nitrogen and oxygen atoms in total. The van der Waals surface area contributed by atoms with Crippen LogP contribution in [0.25, 0.3) is 44.5 Å². The summed E-state index contributed by atoms with van der Waals surface area (Å²) in [5.41, 5.74) is 10.5. The summed E-state index contributed by atoms with van der Waals surface area (Å²) in [5, 5.41) is 19.7. The van der Waals surface area contributed by atoms with Crippen LogP contribution in [0.2, 0.25) is 0 Å². The Hall–Kier alpha value is -7.09. The quantitative estimate of drug-likeness (QED) is 0.127. The van der Waals surface area contributed by atoms with Crippen LogP contribution in [0, 0.1) is 5.41 Å². The minimum absolute atomic E-state index is 0.144. The summed E-state index contributed by atoms with van der Waals surface area (Å²) in [6, 6.07) is 77.6. The standard InChI is InChI=1S/C65H63N3O3/c1-62(2,3)58(45-69)66-61-67-64(54-35-27-50(28-36-54)46-19-9-4-10-20-46,55-37-29-51(30-38-55)47-21-11-5-12-22-47)59-60(71-63(70-59)43-17-8-18-44-63)65(68-61,56-39-31-52(32-40-56)48-23-13-6-14-24-48)57-41-33-53(34-42-57)49-25-15-7-16-26-49/h4-7,9-16,19-42,58-60,69H,8,17-18,43-45H2,1-3H3,(H2,66,67,68)/t58-,59-,60-/m1/s1. The third-order valence-corrected chi connectivity index (χ3v) is 15.3. The molecule has 3 N–H and O–H groups in total. The second-order valence-corrected chi connectivity index (χ2v) is 20.7. The van der Waals surface area contributed by atoms with E-state index in [2.05, 4.69) is 250 Å². The van der Waals surface area contributed by atoms with Gasteiger partial charge < -0.3 is 25.2 Å². The number of aliphatic imine (C=N–C) groups is 1. The van der Waals surface area contributed by atoms with Crippen molar-refractivity contribution in [2.75, 3.05) is 6.61 Å². The number of rotatable bonds is 10. The van der Waals surface area contributed by atoms with Gasteiger partial charge in [0, 0.05) is 12.8 Å². The third-order valence-electron chi connectivity index (χ3n) is 15.3. The molecule has 0 amide bonds. The molecule has 1 saturated carbocycles. The number of benzene rings is 8. The first-order chi connectivity index (χ1) is 34.7. The first-order valence-corrected chi connectivity index (χ1v) is 25.4. The molecule has 2 aliphatic heterocycles. The van der Waals surface area contributed by atoms with E-state index in [0.29, 0.717) is 5.96 Å². The van der Waals surface area contributed by atoms with Crippen LogP contribution in [0.1, 0.15) is 75.1 Å². The molecular formula is C65H63N3O3. The zero-order valence-corrected chi connectivity index (χ0v) is 41.0. The van der Waals surface area contributed by atoms with E-state index in [9.17, 15) is 5.11 Å². The van der Waals surface area contributed by atoms with E-state index < -0.39 is 35.1 Å². The van der Waals surface area contributed by atoms with Crippen LogP contribution in [-0.4, -0.2) is 41.7 Å². The predicted molar refractivity (Wildman–Crippen MR) is 289 cm³/mol. The summed E-state index contributed by atoms with van der Waals surface area (Å²) in [4.78, 5) is 5.60. The number of aliphatic hydroxyl groups excluding tert-OH is 1. The highest BCUT2D eigenvalue weighted by Gasteiger charge is 2.66. The van der Waals surface area contributed by atoms with Crippen LogP contribution in [0.5, 0.6) is 0 Å². The van der Waals surface area contributed by atoms with Crippen molar-refractivity contribution in [1.82, 2.24) is 10.6 Å². The Morgan fingerprint density at radius 2 is 0.718 bits per heavy atom. The fourth-order valence-electron chi connectivity index (χ4n) is 11.4. The molecule has 0 bridgehead atoms. The van der Waals surface area contributed by atoms with E-state index in [4.69, 9.17) is 14.5 Å². The van der Waals surface area contributed by atoms with Gasteiger partial charge in [-0.2, -0.15) is 0 Å². The molecule has 1 aliphatic carbocycles. The highest BCUT2D eigenvalue weighted by Crippen LogP contribution is 2.55. The van der Waals surface area contributed by atoms with E-state index in [1.807, 2.05) is 0 Å². The second-order valence-electron chi connectivity index (χ2n) is 20.7. The Morgan fingerprint density at radius 3 is 0.986 bits per heavy atom. The van der Waals surface area contributed by atoms with Gasteiger partial charge in [-0.25, -0.2) is 4.99 Å². The van der Waals surface area contributed by atoms with Gasteiger partial charge in [-0.15, -0.1) is 0 Å². The van der Waals surface area contributed by atoms with Gasteiger partial charge in [0.15, 0.2) is 11.7 Å². The van der Waals surface area contributed by atoms with Gasteiger partial charge in [-0.3, -0.25) is 0 Å². The summed E-state index contributed by atoms with van der Waals surface area (Å²) >= 11 is 0. The van der Waals surface area contributed by atoms with Gasteiger partial charge in [0.05, 0.1) is 12.6 Å². The summed E-state index contributed by atoms with van der Waals surface area (Å²) < 4.78 is 15.9. The van der Waals surface area contributed by atoms with Crippen molar-refractivity contribution in [3.63, 3.8) is 0 Å². The van der Waals surface area contributed by atoms with Gasteiger partial charge in [-0.05, 0) is 85.0 Å². The molecule has 8 aromatic carbocycles. The maximum Gasteiger partial charge on any atom is 0.193 e. The fraction of sp³-hybridized carbons (Fsp3) is 0.246. The molecule has 1 spiro atoms. The number of nitrogens with one attached hydrogen (secondary N) is 2. The van der Waals surface area contributed by atoms with Crippen molar-refractivity contribution >= 4 is 5.96 Å². The Morgan fingerprint density at radius 1 is 0.437 bits per heavy atom. The minimum Gasteiger partial charge on any atom is -0.394 e. The van der Waals surface area contributed by atoms with E-state index in [1.165, 1.54) is 0 Å². The lowest BCUT2D eigenvalue weighted by atomic mass is 9.69. The van der Waals surface area contributed by atoms with Crippen LogP contribution < -0.4 is 10.6 Å². The fourth-order valence-corrected chi connectivity index (χ4v) is 11.4. The van der Waals surface area contributed by atoms with Gasteiger partial charge in [-0.1, -0.05) is 246 Å². The molecule has 0 radical (unpaired) electrons. The molecule has 0 unspecified atom stereocenters. The zero-order valence-electron chi connectivity index (χ0n) is 41.0. The number of ether oxygens (including phenoxy) is 2. The number of hydrogen-bond donors (Lipinski definition) is 3. The first kappa shape index (κ1) is 46.3. The van der Waals surface area contributed by atoms with Crippen molar-refractivity contribution in [3.05, 3.63) is 241 Å². The smallest absolute Gasteiger partial charge is 0.193 e. The number of nitrogens with zero attached hydrogens (tertiary/aromatic N) is 1. The summed E-state index contributed by atoms with van der Waals surface area (Å²) in [5.74, 6) is -0.305. The van der Waals surface area contributed by atoms with Crippen LogP contribution in [0.15, 0.2) is 223 Å². The molecule has 71 heavy (non-hydrogen) atoms. The van der Waals surface area contributed by atoms with Crippen molar-refractivity contribution in [2.24, 2.45) is 10.4 Å². The van der Waals surface area contributed by atoms with E-state index in [-0.39, 0.29) is 12.0 Å². The van der Waals surface area contributed by atoms with E-state index in [0.717, 1.165) is 98.9 Å². The average Bonchev–Trinajstić information content (AvgIpc) is 3.75. The highest BCUT2D eigenvalue weighted by atomic mass is 16.8. The molecule has 8 aromatic rings. The lowest BCUT2D eigenvalue weighted by molar-refractivity contribution is -0.202. The molecule has 6 heteroatoms. The topological polar surface area (TPSA) is 75.1 Å². The van der Waals surface area contributed by atoms with Crippen LogP contribution in [0.4, 0.5) is 0 Å². The van der Waals surface area contributed by atoms with Gasteiger partial charge >= 0.3 is 0 Å². The molecule has 0 aromatic heterocycles. The van der Waals surface area contributed by atoms with Gasteiger partial charge in [0.2, 0.25) is 0 Å². The number of fused-ring (bicyclic) bond motifs is 1. The molecule has 356 valence electrons. The number of hydrogen-bond acceptors (Lipinski definition) is 4. The monoisotopic (exact) mass is 933 g/mol. The van der Waals surface area contributed by atoms with Crippen LogP contribution >= 0.6 is 0 Å². The molecule has 3 aliphatic rings. The zero-order chi connectivity index (χ0) is 48.5. The summed E-state index contributed by atoms with van der Waals surface area (Å²) in [6.07, 6.45) is 3.45. The molecule has 3 atom stereocenters. The lowest BCUT2D eigenvalue weighted by Gasteiger charge is -2.43.